The van der Waals surface area contributed by atoms with E-state index in [1.165, 1.54) is 22.7 Å². The van der Waals surface area contributed by atoms with Gasteiger partial charge in [-0.05, 0) is 75.2 Å². The normalized spacial score (nSPS) is 11.7. The SMILES string of the molecule is Cc1ccc(-c2ccc(-c3c4nsnc4c(-c4ccc(-c5ccc(C)cc5F)s4)c4nc(C)c(C)nc34)s2)c(F)c1. The van der Waals surface area contributed by atoms with Crippen molar-refractivity contribution in [2.75, 3.05) is 0 Å². The highest BCUT2D eigenvalue weighted by atomic mass is 32.1. The second-order valence-electron chi connectivity index (χ2n) is 10.1. The van der Waals surface area contributed by atoms with Crippen LogP contribution in [0.2, 0.25) is 0 Å². The average molecular weight is 597 g/mol. The van der Waals surface area contributed by atoms with Gasteiger partial charge in [0.2, 0.25) is 0 Å². The van der Waals surface area contributed by atoms with Crippen LogP contribution in [0.5, 0.6) is 0 Å². The van der Waals surface area contributed by atoms with E-state index in [2.05, 4.69) is 0 Å². The largest absolute Gasteiger partial charge is 0.249 e. The lowest BCUT2D eigenvalue weighted by molar-refractivity contribution is 0.630. The minimum atomic E-state index is -0.246. The van der Waals surface area contributed by atoms with Crippen molar-refractivity contribution in [1.82, 2.24) is 18.7 Å². The molecule has 3 aromatic carbocycles. The number of hydrogen-bond donors (Lipinski definition) is 0. The number of aromatic nitrogens is 4. The number of rotatable bonds is 4. The van der Waals surface area contributed by atoms with Gasteiger partial charge in [0.05, 0.1) is 23.1 Å². The maximum absolute atomic E-state index is 14.9. The van der Waals surface area contributed by atoms with Crippen molar-refractivity contribution in [2.45, 2.75) is 27.7 Å². The van der Waals surface area contributed by atoms with E-state index < -0.39 is 0 Å². The highest BCUT2D eigenvalue weighted by Gasteiger charge is 2.25. The molecule has 7 rings (SSSR count). The molecule has 0 atom stereocenters. The molecule has 0 amide bonds. The van der Waals surface area contributed by atoms with Gasteiger partial charge in [0.15, 0.2) is 0 Å². The number of aryl methyl sites for hydroxylation is 4. The van der Waals surface area contributed by atoms with Crippen molar-refractivity contribution >= 4 is 56.5 Å². The van der Waals surface area contributed by atoms with Gasteiger partial charge in [-0.15, -0.1) is 22.7 Å². The Hall–Kier alpha value is -3.92. The quantitative estimate of drug-likeness (QED) is 0.203. The molecule has 4 aromatic heterocycles. The van der Waals surface area contributed by atoms with Crippen LogP contribution >= 0.6 is 34.4 Å². The second kappa shape index (κ2) is 9.87. The van der Waals surface area contributed by atoms with Crippen molar-refractivity contribution in [3.63, 3.8) is 0 Å². The van der Waals surface area contributed by atoms with Crippen LogP contribution < -0.4 is 0 Å². The lowest BCUT2D eigenvalue weighted by atomic mass is 10.0. The Bertz CT molecular complexity index is 1990. The first-order valence-electron chi connectivity index (χ1n) is 12.9. The lowest BCUT2D eigenvalue weighted by Crippen LogP contribution is -1.98. The second-order valence-corrected chi connectivity index (χ2v) is 12.8. The monoisotopic (exact) mass is 596 g/mol. The van der Waals surface area contributed by atoms with Gasteiger partial charge < -0.3 is 0 Å². The molecule has 0 N–H and O–H groups in total. The predicted octanol–water partition coefficient (Wildman–Crippen LogP) is 9.94. The fourth-order valence-corrected chi connectivity index (χ4v) is 7.75. The molecule has 0 aliphatic rings. The number of benzene rings is 3. The summed E-state index contributed by atoms with van der Waals surface area (Å²) in [6, 6.07) is 18.4. The van der Waals surface area contributed by atoms with Crippen LogP contribution in [0, 0.1) is 39.3 Å². The molecule has 4 nitrogen and oxygen atoms in total. The summed E-state index contributed by atoms with van der Waals surface area (Å²) < 4.78 is 39.2. The average Bonchev–Trinajstić information content (AvgIpc) is 3.70. The van der Waals surface area contributed by atoms with E-state index >= 15 is 0 Å². The van der Waals surface area contributed by atoms with Gasteiger partial charge in [0.1, 0.15) is 33.7 Å². The zero-order valence-electron chi connectivity index (χ0n) is 22.5. The first-order chi connectivity index (χ1) is 19.8. The molecule has 0 aliphatic carbocycles. The summed E-state index contributed by atoms with van der Waals surface area (Å²) in [4.78, 5) is 13.5. The summed E-state index contributed by atoms with van der Waals surface area (Å²) in [7, 11) is 0. The molecule has 7 aromatic rings. The van der Waals surface area contributed by atoms with Gasteiger partial charge in [-0.2, -0.15) is 8.75 Å². The Morgan fingerprint density at radius 2 is 0.927 bits per heavy atom. The Morgan fingerprint density at radius 1 is 0.512 bits per heavy atom. The Kier molecular flexibility index (Phi) is 6.26. The molecule has 0 aliphatic heterocycles. The van der Waals surface area contributed by atoms with Crippen LogP contribution in [-0.4, -0.2) is 18.7 Å². The maximum atomic E-state index is 14.9. The van der Waals surface area contributed by atoms with Crippen LogP contribution in [0.3, 0.4) is 0 Å². The van der Waals surface area contributed by atoms with E-state index in [0.29, 0.717) is 11.1 Å². The van der Waals surface area contributed by atoms with E-state index in [4.69, 9.17) is 18.7 Å². The summed E-state index contributed by atoms with van der Waals surface area (Å²) in [6.45, 7) is 7.64. The van der Waals surface area contributed by atoms with E-state index in [1.54, 1.807) is 12.1 Å². The first-order valence-corrected chi connectivity index (χ1v) is 15.3. The predicted molar refractivity (Wildman–Crippen MR) is 167 cm³/mol. The highest BCUT2D eigenvalue weighted by molar-refractivity contribution is 7.19. The van der Waals surface area contributed by atoms with Gasteiger partial charge in [-0.25, -0.2) is 18.7 Å². The zero-order chi connectivity index (χ0) is 28.4. The minimum Gasteiger partial charge on any atom is -0.249 e. The van der Waals surface area contributed by atoms with Crippen LogP contribution in [-0.2, 0) is 0 Å². The molecular formula is C32H22F2N4S3. The topological polar surface area (TPSA) is 51.6 Å². The highest BCUT2D eigenvalue weighted by Crippen LogP contribution is 2.47. The summed E-state index contributed by atoms with van der Waals surface area (Å²) in [5.74, 6) is -0.493. The number of halogens is 2. The van der Waals surface area contributed by atoms with E-state index in [0.717, 1.165) is 86.9 Å². The molecule has 0 bridgehead atoms. The van der Waals surface area contributed by atoms with E-state index in [1.807, 2.05) is 76.2 Å². The molecule has 0 saturated heterocycles. The summed E-state index contributed by atoms with van der Waals surface area (Å²) in [5.41, 5.74) is 9.10. The van der Waals surface area contributed by atoms with E-state index in [9.17, 15) is 8.78 Å². The van der Waals surface area contributed by atoms with Crippen molar-refractivity contribution in [3.05, 3.63) is 94.8 Å². The van der Waals surface area contributed by atoms with Crippen molar-refractivity contribution in [1.29, 1.82) is 0 Å². The number of thiophene rings is 2. The van der Waals surface area contributed by atoms with Gasteiger partial charge in [0, 0.05) is 41.8 Å². The Labute approximate surface area is 247 Å². The van der Waals surface area contributed by atoms with Crippen LogP contribution in [0.4, 0.5) is 8.78 Å². The van der Waals surface area contributed by atoms with Gasteiger partial charge in [-0.3, -0.25) is 0 Å². The maximum Gasteiger partial charge on any atom is 0.132 e. The van der Waals surface area contributed by atoms with Crippen LogP contribution in [0.1, 0.15) is 22.5 Å². The summed E-state index contributed by atoms with van der Waals surface area (Å²) in [5, 5.41) is 0. The molecule has 4 heterocycles. The number of nitrogens with zero attached hydrogens (tertiary/aromatic N) is 4. The molecule has 202 valence electrons. The zero-order valence-corrected chi connectivity index (χ0v) is 25.0. The molecule has 0 spiro atoms. The standard InChI is InChI=1S/C32H22F2N4S3/c1-15-5-7-19(21(33)13-15)23-9-11-25(39-23)27-29-30(36-18(4)17(3)35-29)28(32-31(27)37-41-38-32)26-12-10-24(40-26)20-8-6-16(2)14-22(20)34/h5-14H,1-4H3. The third-order valence-corrected chi connectivity index (χ3v) is 10.0. The van der Waals surface area contributed by atoms with Gasteiger partial charge in [0.25, 0.3) is 0 Å². The number of hydrogen-bond acceptors (Lipinski definition) is 7. The summed E-state index contributed by atoms with van der Waals surface area (Å²) >= 11 is 4.13. The van der Waals surface area contributed by atoms with Crippen molar-refractivity contribution in [2.24, 2.45) is 0 Å². The Morgan fingerprint density at radius 3 is 1.34 bits per heavy atom. The molecular weight excluding hydrogens is 575 g/mol. The van der Waals surface area contributed by atoms with Crippen LogP contribution in [0.25, 0.3) is 63.8 Å². The fourth-order valence-electron chi connectivity index (χ4n) is 5.03. The Balaban J connectivity index is 1.47. The third kappa shape index (κ3) is 4.36. The van der Waals surface area contributed by atoms with Crippen molar-refractivity contribution in [3.8, 4) is 41.8 Å². The van der Waals surface area contributed by atoms with Gasteiger partial charge >= 0.3 is 0 Å². The molecule has 0 fully saturated rings. The van der Waals surface area contributed by atoms with Gasteiger partial charge in [-0.1, -0.05) is 24.3 Å². The van der Waals surface area contributed by atoms with Crippen molar-refractivity contribution < 1.29 is 8.78 Å². The molecule has 0 saturated carbocycles. The lowest BCUT2D eigenvalue weighted by Gasteiger charge is -2.12. The number of fused-ring (bicyclic) bond motifs is 2. The minimum absolute atomic E-state index is 0.246. The third-order valence-electron chi connectivity index (χ3n) is 7.23. The fraction of sp³-hybridized carbons (Fsp3) is 0.125. The molecule has 0 radical (unpaired) electrons. The van der Waals surface area contributed by atoms with E-state index in [-0.39, 0.29) is 11.6 Å². The molecule has 9 heteroatoms. The molecule has 41 heavy (non-hydrogen) atoms. The molecule has 0 unspecified atom stereocenters. The van der Waals surface area contributed by atoms with Crippen LogP contribution in [0.15, 0.2) is 60.7 Å². The summed E-state index contributed by atoms with van der Waals surface area (Å²) in [6.07, 6.45) is 0. The smallest absolute Gasteiger partial charge is 0.132 e. The first kappa shape index (κ1) is 26.0.